The van der Waals surface area contributed by atoms with Crippen LogP contribution in [-0.4, -0.2) is 25.9 Å². The molecule has 3 aromatic heterocycles. The molecule has 0 fully saturated rings. The van der Waals surface area contributed by atoms with Gasteiger partial charge in [-0.3, -0.25) is 4.90 Å². The maximum Gasteiger partial charge on any atom is 0.140 e. The number of nitrogens with one attached hydrogen (secondary N) is 1. The Balaban J connectivity index is 1.81. The van der Waals surface area contributed by atoms with Crippen molar-refractivity contribution in [1.82, 2.24) is 19.9 Å². The fraction of sp³-hybridized carbons (Fsp3) is 0.158. The highest BCUT2D eigenvalue weighted by Crippen LogP contribution is 2.14. The largest absolute Gasteiger partial charge is 0.530 e. The lowest BCUT2D eigenvalue weighted by Crippen LogP contribution is -2.29. The minimum atomic E-state index is -1.41. The summed E-state index contributed by atoms with van der Waals surface area (Å²) >= 11 is 0. The van der Waals surface area contributed by atoms with E-state index in [1.807, 2.05) is 30.3 Å². The van der Waals surface area contributed by atoms with Gasteiger partial charge in [-0.25, -0.2) is 15.0 Å². The number of hydrogen-bond acceptors (Lipinski definition) is 8. The van der Waals surface area contributed by atoms with E-state index in [0.29, 0.717) is 37.0 Å². The molecule has 0 saturated carbocycles. The summed E-state index contributed by atoms with van der Waals surface area (Å²) in [5.41, 5.74) is 13.8. The summed E-state index contributed by atoms with van der Waals surface area (Å²) in [6.45, 7) is 1.44. The molecule has 28 heavy (non-hydrogen) atoms. The van der Waals surface area contributed by atoms with Gasteiger partial charge in [0.1, 0.15) is 23.5 Å². The topological polar surface area (TPSA) is 146 Å². The molecule has 0 radical (unpaired) electrons. The third-order valence-electron chi connectivity index (χ3n) is 3.85. The van der Waals surface area contributed by atoms with Crippen LogP contribution in [0.15, 0.2) is 54.6 Å². The Morgan fingerprint density at radius 2 is 1.29 bits per heavy atom. The van der Waals surface area contributed by atoms with Crippen LogP contribution in [0.3, 0.4) is 0 Å². The van der Waals surface area contributed by atoms with Crippen molar-refractivity contribution in [3.8, 4) is 0 Å². The van der Waals surface area contributed by atoms with Crippen molar-refractivity contribution >= 4 is 23.5 Å². The van der Waals surface area contributed by atoms with E-state index in [-0.39, 0.29) is 5.82 Å². The SMILES string of the molecule is Nc1cccc(CN(Cc2cccc(N)n2)Cc2cccc(NC(=O)[O-])n2)n1. The number of pyridine rings is 3. The van der Waals surface area contributed by atoms with Gasteiger partial charge in [-0.2, -0.15) is 0 Å². The zero-order chi connectivity index (χ0) is 19.9. The molecule has 9 heteroatoms. The number of nitrogens with two attached hydrogens (primary N) is 2. The van der Waals surface area contributed by atoms with E-state index in [1.54, 1.807) is 24.3 Å². The lowest BCUT2D eigenvalue weighted by Gasteiger charge is -2.22. The van der Waals surface area contributed by atoms with Crippen molar-refractivity contribution in [3.05, 3.63) is 71.7 Å². The summed E-state index contributed by atoms with van der Waals surface area (Å²) in [6.07, 6.45) is -1.41. The van der Waals surface area contributed by atoms with Gasteiger partial charge >= 0.3 is 0 Å². The van der Waals surface area contributed by atoms with E-state index in [9.17, 15) is 9.90 Å². The van der Waals surface area contributed by atoms with Gasteiger partial charge in [-0.05, 0) is 36.4 Å². The Morgan fingerprint density at radius 3 is 1.75 bits per heavy atom. The van der Waals surface area contributed by atoms with E-state index in [4.69, 9.17) is 11.5 Å². The molecule has 1 amide bonds. The molecule has 3 aromatic rings. The summed E-state index contributed by atoms with van der Waals surface area (Å²) in [4.78, 5) is 25.8. The average Bonchev–Trinajstić information content (AvgIpc) is 2.61. The first kappa shape index (κ1) is 19.1. The first-order chi connectivity index (χ1) is 13.5. The third-order valence-corrected chi connectivity index (χ3v) is 3.85. The van der Waals surface area contributed by atoms with Gasteiger partial charge in [0.2, 0.25) is 0 Å². The van der Waals surface area contributed by atoms with Crippen molar-refractivity contribution in [1.29, 1.82) is 0 Å². The standard InChI is InChI=1S/C19H21N7O2/c20-16-7-1-4-13(22-16)10-26(11-14-5-2-8-17(21)23-14)12-15-6-3-9-18(24-15)25-19(27)28/h1-9H,10-12H2,(H2,20,22)(H2,21,23)(H,24,25)(H,27,28)/p-1. The number of hydrogen-bond donors (Lipinski definition) is 3. The first-order valence-electron chi connectivity index (χ1n) is 8.57. The Hall–Kier alpha value is -3.72. The first-order valence-corrected chi connectivity index (χ1v) is 8.57. The summed E-state index contributed by atoms with van der Waals surface area (Å²) in [5.74, 6) is 1.09. The molecule has 0 aliphatic heterocycles. The minimum Gasteiger partial charge on any atom is -0.530 e. The van der Waals surface area contributed by atoms with Gasteiger partial charge in [0, 0.05) is 19.6 Å². The molecule has 3 rings (SSSR count). The summed E-state index contributed by atoms with van der Waals surface area (Å²) < 4.78 is 0. The maximum atomic E-state index is 10.7. The molecule has 3 heterocycles. The van der Waals surface area contributed by atoms with E-state index in [1.165, 1.54) is 0 Å². The van der Waals surface area contributed by atoms with Crippen molar-refractivity contribution in [3.63, 3.8) is 0 Å². The van der Waals surface area contributed by atoms with Gasteiger partial charge in [-0.15, -0.1) is 0 Å². The molecule has 0 aliphatic rings. The van der Waals surface area contributed by atoms with Crippen LogP contribution in [0, 0.1) is 0 Å². The van der Waals surface area contributed by atoms with E-state index < -0.39 is 6.09 Å². The number of carbonyl (C=O) groups is 1. The zero-order valence-electron chi connectivity index (χ0n) is 15.1. The number of anilines is 3. The highest BCUT2D eigenvalue weighted by molar-refractivity contribution is 5.79. The second kappa shape index (κ2) is 8.78. The van der Waals surface area contributed by atoms with Crippen LogP contribution in [0.25, 0.3) is 0 Å². The van der Waals surface area contributed by atoms with Gasteiger partial charge in [-0.1, -0.05) is 18.2 Å². The fourth-order valence-electron chi connectivity index (χ4n) is 2.77. The molecule has 0 atom stereocenters. The maximum absolute atomic E-state index is 10.7. The van der Waals surface area contributed by atoms with E-state index in [0.717, 1.165) is 11.4 Å². The number of amides is 1. The van der Waals surface area contributed by atoms with E-state index >= 15 is 0 Å². The van der Waals surface area contributed by atoms with Crippen molar-refractivity contribution < 1.29 is 9.90 Å². The third kappa shape index (κ3) is 5.64. The molecule has 144 valence electrons. The molecular weight excluding hydrogens is 358 g/mol. The van der Waals surface area contributed by atoms with Gasteiger partial charge < -0.3 is 26.7 Å². The van der Waals surface area contributed by atoms with Crippen molar-refractivity contribution in [2.75, 3.05) is 16.8 Å². The van der Waals surface area contributed by atoms with Crippen molar-refractivity contribution in [2.24, 2.45) is 0 Å². The van der Waals surface area contributed by atoms with Gasteiger partial charge in [0.25, 0.3) is 0 Å². The van der Waals surface area contributed by atoms with Crippen LogP contribution in [-0.2, 0) is 19.6 Å². The molecular formula is C19H20N7O2-. The van der Waals surface area contributed by atoms with Crippen LogP contribution in [0.1, 0.15) is 17.1 Å². The van der Waals surface area contributed by atoms with Crippen molar-refractivity contribution in [2.45, 2.75) is 19.6 Å². The summed E-state index contributed by atoms with van der Waals surface area (Å²) in [6, 6.07) is 16.0. The molecule has 0 saturated heterocycles. The predicted octanol–water partition coefficient (Wildman–Crippen LogP) is 0.994. The van der Waals surface area contributed by atoms with Crippen LogP contribution in [0.2, 0.25) is 0 Å². The number of carbonyl (C=O) groups excluding carboxylic acids is 1. The highest BCUT2D eigenvalue weighted by Gasteiger charge is 2.12. The quantitative estimate of drug-likeness (QED) is 0.552. The molecule has 9 nitrogen and oxygen atoms in total. The average molecular weight is 378 g/mol. The van der Waals surface area contributed by atoms with Crippen LogP contribution in [0.4, 0.5) is 22.2 Å². The predicted molar refractivity (Wildman–Crippen MR) is 104 cm³/mol. The molecule has 5 N–H and O–H groups in total. The van der Waals surface area contributed by atoms with Crippen LogP contribution >= 0.6 is 0 Å². The Morgan fingerprint density at radius 1 is 0.821 bits per heavy atom. The normalized spacial score (nSPS) is 10.8. The second-order valence-electron chi connectivity index (χ2n) is 6.18. The number of rotatable bonds is 7. The second-order valence-corrected chi connectivity index (χ2v) is 6.18. The fourth-order valence-corrected chi connectivity index (χ4v) is 2.77. The Kier molecular flexibility index (Phi) is 5.97. The molecule has 0 aromatic carbocycles. The molecule has 0 unspecified atom stereocenters. The molecule has 0 aliphatic carbocycles. The lowest BCUT2D eigenvalue weighted by molar-refractivity contribution is -0.242. The zero-order valence-corrected chi connectivity index (χ0v) is 15.1. The summed E-state index contributed by atoms with van der Waals surface area (Å²) in [7, 11) is 0. The number of nitrogens with zero attached hydrogens (tertiary/aromatic N) is 4. The minimum absolute atomic E-state index is 0.210. The molecule has 0 bridgehead atoms. The number of aromatic nitrogens is 3. The number of carboxylic acid groups (broad SMARTS) is 1. The number of nitrogen functional groups attached to an aromatic ring is 2. The Labute approximate surface area is 162 Å². The monoisotopic (exact) mass is 378 g/mol. The molecule has 0 spiro atoms. The van der Waals surface area contributed by atoms with Crippen LogP contribution < -0.4 is 21.9 Å². The van der Waals surface area contributed by atoms with Gasteiger partial charge in [0.05, 0.1) is 17.1 Å². The lowest BCUT2D eigenvalue weighted by atomic mass is 10.2. The summed E-state index contributed by atoms with van der Waals surface area (Å²) in [5, 5.41) is 12.9. The highest BCUT2D eigenvalue weighted by atomic mass is 16.4. The van der Waals surface area contributed by atoms with E-state index in [2.05, 4.69) is 25.2 Å². The van der Waals surface area contributed by atoms with Crippen LogP contribution in [0.5, 0.6) is 0 Å². The van der Waals surface area contributed by atoms with Gasteiger partial charge in [0.15, 0.2) is 0 Å². The smallest absolute Gasteiger partial charge is 0.140 e. The Bertz CT molecular complexity index is 917.